The predicted molar refractivity (Wildman–Crippen MR) is 83.0 cm³/mol. The van der Waals surface area contributed by atoms with E-state index in [-0.39, 0.29) is 5.82 Å². The Labute approximate surface area is 120 Å². The Morgan fingerprint density at radius 1 is 1.15 bits per heavy atom. The number of anilines is 2. The number of aryl methyl sites for hydroxylation is 1. The van der Waals surface area contributed by atoms with Crippen LogP contribution < -0.4 is 10.2 Å². The van der Waals surface area contributed by atoms with Gasteiger partial charge in [0.2, 0.25) is 0 Å². The Morgan fingerprint density at radius 3 is 2.60 bits per heavy atom. The molecule has 0 spiro atoms. The highest BCUT2D eigenvalue weighted by Gasteiger charge is 2.12. The zero-order valence-electron chi connectivity index (χ0n) is 12.3. The highest BCUT2D eigenvalue weighted by Crippen LogP contribution is 2.29. The molecule has 0 aliphatic heterocycles. The summed E-state index contributed by atoms with van der Waals surface area (Å²) in [6.07, 6.45) is 0. The molecule has 0 bridgehead atoms. The minimum absolute atomic E-state index is 0.195. The van der Waals surface area contributed by atoms with Gasteiger partial charge in [-0.2, -0.15) is 0 Å². The normalized spacial score (nSPS) is 10.6. The Balaban J connectivity index is 2.46. The van der Waals surface area contributed by atoms with Crippen LogP contribution in [0.15, 0.2) is 42.5 Å². The van der Waals surface area contributed by atoms with Gasteiger partial charge in [0.05, 0.1) is 0 Å². The van der Waals surface area contributed by atoms with Crippen molar-refractivity contribution in [3.05, 3.63) is 59.4 Å². The minimum atomic E-state index is -0.195. The van der Waals surface area contributed by atoms with Crippen molar-refractivity contribution in [1.82, 2.24) is 5.32 Å². The molecule has 2 aromatic rings. The van der Waals surface area contributed by atoms with Gasteiger partial charge in [-0.05, 0) is 62.4 Å². The lowest BCUT2D eigenvalue weighted by atomic mass is 10.1. The summed E-state index contributed by atoms with van der Waals surface area (Å²) in [4.78, 5) is 2.21. The third-order valence-corrected chi connectivity index (χ3v) is 3.33. The van der Waals surface area contributed by atoms with E-state index in [1.165, 1.54) is 11.6 Å². The molecule has 0 fully saturated rings. The Morgan fingerprint density at radius 2 is 1.95 bits per heavy atom. The lowest BCUT2D eigenvalue weighted by Gasteiger charge is -2.26. The van der Waals surface area contributed by atoms with Crippen LogP contribution in [0, 0.1) is 12.7 Å². The summed E-state index contributed by atoms with van der Waals surface area (Å²) in [6, 6.07) is 13.3. The third kappa shape index (κ3) is 3.17. The number of hydrogen-bond acceptors (Lipinski definition) is 2. The lowest BCUT2D eigenvalue weighted by molar-refractivity contribution is 0.623. The molecule has 2 rings (SSSR count). The van der Waals surface area contributed by atoms with E-state index in [9.17, 15) is 4.39 Å². The molecule has 2 nitrogen and oxygen atoms in total. The van der Waals surface area contributed by atoms with Crippen molar-refractivity contribution in [2.24, 2.45) is 0 Å². The molecular formula is C17H21FN2. The second-order valence-electron chi connectivity index (χ2n) is 4.89. The van der Waals surface area contributed by atoms with Gasteiger partial charge >= 0.3 is 0 Å². The largest absolute Gasteiger partial charge is 0.341 e. The number of hydrogen-bond donors (Lipinski definition) is 1. The molecule has 0 heterocycles. The maximum Gasteiger partial charge on any atom is 0.123 e. The van der Waals surface area contributed by atoms with Gasteiger partial charge in [0.1, 0.15) is 5.82 Å². The molecule has 3 heteroatoms. The van der Waals surface area contributed by atoms with Crippen molar-refractivity contribution in [2.75, 3.05) is 18.5 Å². The molecule has 106 valence electrons. The number of nitrogens with zero attached hydrogens (tertiary/aromatic N) is 1. The highest BCUT2D eigenvalue weighted by molar-refractivity contribution is 5.67. The van der Waals surface area contributed by atoms with Crippen LogP contribution in [-0.2, 0) is 6.54 Å². The minimum Gasteiger partial charge on any atom is -0.341 e. The van der Waals surface area contributed by atoms with Crippen molar-refractivity contribution >= 4 is 11.4 Å². The molecule has 1 N–H and O–H groups in total. The van der Waals surface area contributed by atoms with Crippen LogP contribution in [0.3, 0.4) is 0 Å². The predicted octanol–water partition coefficient (Wildman–Crippen LogP) is 4.01. The van der Waals surface area contributed by atoms with Crippen molar-refractivity contribution in [3.63, 3.8) is 0 Å². The van der Waals surface area contributed by atoms with Gasteiger partial charge in [-0.15, -0.1) is 0 Å². The topological polar surface area (TPSA) is 15.3 Å². The smallest absolute Gasteiger partial charge is 0.123 e. The molecule has 0 saturated heterocycles. The van der Waals surface area contributed by atoms with Crippen molar-refractivity contribution in [2.45, 2.75) is 20.4 Å². The zero-order valence-corrected chi connectivity index (χ0v) is 12.3. The number of halogens is 1. The molecular weight excluding hydrogens is 251 g/mol. The third-order valence-electron chi connectivity index (χ3n) is 3.33. The van der Waals surface area contributed by atoms with E-state index in [4.69, 9.17) is 0 Å². The van der Waals surface area contributed by atoms with Gasteiger partial charge in [0.15, 0.2) is 0 Å². The van der Waals surface area contributed by atoms with Crippen LogP contribution in [0.25, 0.3) is 0 Å². The van der Waals surface area contributed by atoms with Crippen molar-refractivity contribution in [3.8, 4) is 0 Å². The van der Waals surface area contributed by atoms with E-state index < -0.39 is 0 Å². The van der Waals surface area contributed by atoms with Crippen LogP contribution in [0.1, 0.15) is 18.1 Å². The maximum atomic E-state index is 13.5. The molecule has 2 aromatic carbocycles. The quantitative estimate of drug-likeness (QED) is 0.884. The van der Waals surface area contributed by atoms with Gasteiger partial charge in [-0.1, -0.05) is 12.1 Å². The van der Waals surface area contributed by atoms with Gasteiger partial charge in [-0.25, -0.2) is 4.39 Å². The second kappa shape index (κ2) is 6.53. The van der Waals surface area contributed by atoms with Crippen molar-refractivity contribution in [1.29, 1.82) is 0 Å². The summed E-state index contributed by atoms with van der Waals surface area (Å²) >= 11 is 0. The molecule has 0 radical (unpaired) electrons. The fraction of sp³-hybridized carbons (Fsp3) is 0.294. The summed E-state index contributed by atoms with van der Waals surface area (Å²) in [6.45, 7) is 5.67. The van der Waals surface area contributed by atoms with E-state index in [1.807, 2.05) is 13.1 Å². The first-order valence-electron chi connectivity index (χ1n) is 6.93. The first-order valence-corrected chi connectivity index (χ1v) is 6.93. The van der Waals surface area contributed by atoms with Crippen LogP contribution in [0.2, 0.25) is 0 Å². The highest BCUT2D eigenvalue weighted by atomic mass is 19.1. The Bertz CT molecular complexity index is 581. The number of nitrogens with one attached hydrogen (secondary N) is 1. The Kier molecular flexibility index (Phi) is 4.74. The Hall–Kier alpha value is -1.87. The standard InChI is InChI=1S/C17H21FN2/c1-4-20(16-7-5-6-13(2)10-16)17-9-8-15(18)11-14(17)12-19-3/h5-11,19H,4,12H2,1-3H3. The summed E-state index contributed by atoms with van der Waals surface area (Å²) < 4.78 is 13.5. The number of benzene rings is 2. The van der Waals surface area contributed by atoms with Crippen LogP contribution in [0.5, 0.6) is 0 Å². The van der Waals surface area contributed by atoms with Crippen molar-refractivity contribution < 1.29 is 4.39 Å². The van der Waals surface area contributed by atoms with E-state index >= 15 is 0 Å². The van der Waals surface area contributed by atoms with Gasteiger partial charge in [-0.3, -0.25) is 0 Å². The summed E-state index contributed by atoms with van der Waals surface area (Å²) in [7, 11) is 1.87. The van der Waals surface area contributed by atoms with Crippen LogP contribution in [-0.4, -0.2) is 13.6 Å². The van der Waals surface area contributed by atoms with E-state index in [1.54, 1.807) is 6.07 Å². The summed E-state index contributed by atoms with van der Waals surface area (Å²) in [5, 5.41) is 3.10. The summed E-state index contributed by atoms with van der Waals surface area (Å²) in [5.41, 5.74) is 4.37. The van der Waals surface area contributed by atoms with Crippen LogP contribution in [0.4, 0.5) is 15.8 Å². The monoisotopic (exact) mass is 272 g/mol. The molecule has 0 aromatic heterocycles. The SMILES string of the molecule is CCN(c1cccc(C)c1)c1ccc(F)cc1CNC. The van der Waals surface area contributed by atoms with Gasteiger partial charge in [0.25, 0.3) is 0 Å². The maximum absolute atomic E-state index is 13.5. The molecule has 0 saturated carbocycles. The number of rotatable bonds is 5. The average molecular weight is 272 g/mol. The lowest BCUT2D eigenvalue weighted by Crippen LogP contribution is -2.19. The first-order chi connectivity index (χ1) is 9.65. The van der Waals surface area contributed by atoms with E-state index in [0.717, 1.165) is 23.5 Å². The molecule has 0 amide bonds. The molecule has 0 aliphatic rings. The van der Waals surface area contributed by atoms with Gasteiger partial charge in [0, 0.05) is 24.5 Å². The molecule has 0 atom stereocenters. The molecule has 0 aliphatic carbocycles. The fourth-order valence-corrected chi connectivity index (χ4v) is 2.44. The second-order valence-corrected chi connectivity index (χ2v) is 4.89. The fourth-order valence-electron chi connectivity index (χ4n) is 2.44. The average Bonchev–Trinajstić information content (AvgIpc) is 2.42. The van der Waals surface area contributed by atoms with Crippen LogP contribution >= 0.6 is 0 Å². The van der Waals surface area contributed by atoms with E-state index in [0.29, 0.717) is 6.54 Å². The molecule has 20 heavy (non-hydrogen) atoms. The van der Waals surface area contributed by atoms with Gasteiger partial charge < -0.3 is 10.2 Å². The molecule has 0 unspecified atom stereocenters. The van der Waals surface area contributed by atoms with E-state index in [2.05, 4.69) is 48.3 Å². The first kappa shape index (κ1) is 14.5. The summed E-state index contributed by atoms with van der Waals surface area (Å²) in [5.74, 6) is -0.195. The zero-order chi connectivity index (χ0) is 14.5.